The van der Waals surface area contributed by atoms with Crippen LogP contribution in [0.4, 0.5) is 0 Å². The molecule has 1 aliphatic heterocycles. The predicted octanol–water partition coefficient (Wildman–Crippen LogP) is -3.11. The summed E-state index contributed by atoms with van der Waals surface area (Å²) in [5.41, 5.74) is 4.47. The molecule has 1 heterocycles. The summed E-state index contributed by atoms with van der Waals surface area (Å²) in [4.78, 5) is -0.0732. The number of benzene rings is 3. The van der Waals surface area contributed by atoms with Gasteiger partial charge in [-0.15, -0.1) is 0 Å². The molecule has 7 nitrogen and oxygen atoms in total. The number of nitrogens with two attached hydrogens (primary N) is 2. The fraction of sp³-hybridized carbons (Fsp3) is 0.130. The smallest absolute Gasteiger partial charge is 1.00 e. The van der Waals surface area contributed by atoms with Crippen LogP contribution in [-0.4, -0.2) is 16.8 Å². The first kappa shape index (κ1) is 29.4. The van der Waals surface area contributed by atoms with Crippen LogP contribution >= 0.6 is 0 Å². The number of nitrogens with one attached hydrogen (secondary N) is 1. The monoisotopic (exact) mass is 517 g/mol. The van der Waals surface area contributed by atoms with E-state index < -0.39 is 20.0 Å². The van der Waals surface area contributed by atoms with Gasteiger partial charge in [0.05, 0.1) is 15.8 Å². The summed E-state index contributed by atoms with van der Waals surface area (Å²) in [6.07, 6.45) is 3.05. The van der Waals surface area contributed by atoms with E-state index in [-0.39, 0.29) is 77.8 Å². The van der Waals surface area contributed by atoms with Gasteiger partial charge in [0.25, 0.3) is 0 Å². The Morgan fingerprint density at radius 3 is 2.03 bits per heavy atom. The number of fused-ring (bicyclic) bond motifs is 1. The molecule has 1 unspecified atom stereocenters. The fourth-order valence-corrected chi connectivity index (χ4v) is 5.50. The van der Waals surface area contributed by atoms with Gasteiger partial charge in [-0.05, 0) is 52.4 Å². The van der Waals surface area contributed by atoms with Crippen LogP contribution in [-0.2, 0) is 26.6 Å². The Balaban J connectivity index is 0.00000306. The average molecular weight is 518 g/mol. The van der Waals surface area contributed by atoms with E-state index in [0.29, 0.717) is 17.7 Å². The maximum absolute atomic E-state index is 12.4. The minimum absolute atomic E-state index is 0. The second kappa shape index (κ2) is 11.5. The molecule has 0 saturated heterocycles. The van der Waals surface area contributed by atoms with Crippen molar-refractivity contribution in [2.24, 2.45) is 10.3 Å². The molecular formula is C23H25N3Na2O4S2. The maximum atomic E-state index is 12.4. The minimum Gasteiger partial charge on any atom is -1.00 e. The Bertz CT molecular complexity index is 1470. The molecular weight excluding hydrogens is 492 g/mol. The van der Waals surface area contributed by atoms with Gasteiger partial charge < -0.3 is 8.17 Å². The van der Waals surface area contributed by atoms with Gasteiger partial charge in [0.15, 0.2) is 0 Å². The average Bonchev–Trinajstić information content (AvgIpc) is 3.15. The molecule has 4 rings (SSSR count). The number of primary sulfonamides is 2. The van der Waals surface area contributed by atoms with Gasteiger partial charge in [-0.2, -0.15) is 0 Å². The normalized spacial score (nSPS) is 15.4. The zero-order valence-corrected chi connectivity index (χ0v) is 24.9. The first-order valence-corrected chi connectivity index (χ1v) is 12.9. The fourth-order valence-electron chi connectivity index (χ4n) is 3.92. The summed E-state index contributed by atoms with van der Waals surface area (Å²) in [7, 11) is -7.98. The molecule has 34 heavy (non-hydrogen) atoms. The zero-order chi connectivity index (χ0) is 23.1. The van der Waals surface area contributed by atoms with Gasteiger partial charge in [-0.1, -0.05) is 60.7 Å². The number of hydrogen-bond acceptors (Lipinski definition) is 5. The van der Waals surface area contributed by atoms with E-state index in [1.165, 1.54) is 18.2 Å². The van der Waals surface area contributed by atoms with E-state index in [1.54, 1.807) is 31.2 Å². The molecule has 1 aliphatic rings. The van der Waals surface area contributed by atoms with Crippen molar-refractivity contribution in [1.82, 2.24) is 5.32 Å². The van der Waals surface area contributed by atoms with Crippen LogP contribution in [0.1, 0.15) is 42.3 Å². The molecule has 11 heteroatoms. The van der Waals surface area contributed by atoms with Crippen molar-refractivity contribution in [3.05, 3.63) is 94.0 Å². The van der Waals surface area contributed by atoms with E-state index >= 15 is 0 Å². The van der Waals surface area contributed by atoms with Crippen LogP contribution in [0.15, 0.2) is 70.5 Å². The van der Waals surface area contributed by atoms with E-state index in [4.69, 9.17) is 10.3 Å². The third-order valence-electron chi connectivity index (χ3n) is 5.46. The summed E-state index contributed by atoms with van der Waals surface area (Å²) in [6, 6.07) is 17.7. The Kier molecular flexibility index (Phi) is 9.94. The molecule has 0 spiro atoms. The third kappa shape index (κ3) is 6.48. The molecule has 5 N–H and O–H groups in total. The van der Waals surface area contributed by atoms with Crippen LogP contribution in [0, 0.1) is 6.92 Å². The Labute approximate surface area is 247 Å². The van der Waals surface area contributed by atoms with Gasteiger partial charge in [0.2, 0.25) is 20.0 Å². The van der Waals surface area contributed by atoms with Crippen molar-refractivity contribution in [2.45, 2.75) is 29.3 Å². The van der Waals surface area contributed by atoms with Gasteiger partial charge in [0, 0.05) is 6.54 Å². The van der Waals surface area contributed by atoms with Crippen LogP contribution in [0.3, 0.4) is 0 Å². The molecule has 0 fully saturated rings. The Hall–Kier alpha value is -0.820. The summed E-state index contributed by atoms with van der Waals surface area (Å²) in [6.45, 7) is 2.45. The van der Waals surface area contributed by atoms with Crippen molar-refractivity contribution in [3.8, 4) is 0 Å². The predicted molar refractivity (Wildman–Crippen MR) is 127 cm³/mol. The Morgan fingerprint density at radius 2 is 1.41 bits per heavy atom. The van der Waals surface area contributed by atoms with Gasteiger partial charge in [-0.3, -0.25) is 0 Å². The molecule has 0 radical (unpaired) electrons. The van der Waals surface area contributed by atoms with Crippen LogP contribution in [0.2, 0.25) is 0 Å². The first-order chi connectivity index (χ1) is 15.0. The SMILES string of the molecule is Cc1ccc(/C=C/c2ccc(C3NCc4ccccc43)cc2S(N)(=O)=O)c(S(N)(=O)=O)c1.[H-].[H-].[Na+].[Na+]. The van der Waals surface area contributed by atoms with Crippen molar-refractivity contribution in [2.75, 3.05) is 0 Å². The summed E-state index contributed by atoms with van der Waals surface area (Å²) in [5, 5.41) is 14.2. The minimum atomic E-state index is -4.03. The van der Waals surface area contributed by atoms with Crippen LogP contribution in [0.5, 0.6) is 0 Å². The summed E-state index contributed by atoms with van der Waals surface area (Å²) >= 11 is 0. The molecule has 3 aromatic rings. The molecule has 1 atom stereocenters. The van der Waals surface area contributed by atoms with Gasteiger partial charge in [-0.25, -0.2) is 27.1 Å². The van der Waals surface area contributed by atoms with Crippen molar-refractivity contribution in [1.29, 1.82) is 0 Å². The van der Waals surface area contributed by atoms with Crippen LogP contribution in [0.25, 0.3) is 12.2 Å². The second-order valence-corrected chi connectivity index (χ2v) is 10.8. The quantitative estimate of drug-likeness (QED) is 0.244. The first-order valence-electron chi connectivity index (χ1n) is 9.83. The van der Waals surface area contributed by atoms with Gasteiger partial charge >= 0.3 is 59.1 Å². The second-order valence-electron chi connectivity index (χ2n) is 7.77. The molecule has 0 aromatic heterocycles. The molecule has 3 aromatic carbocycles. The number of aryl methyl sites for hydroxylation is 1. The number of hydrogen-bond donors (Lipinski definition) is 3. The van der Waals surface area contributed by atoms with E-state index in [2.05, 4.69) is 5.32 Å². The molecule has 170 valence electrons. The summed E-state index contributed by atoms with van der Waals surface area (Å²) < 4.78 is 48.6. The summed E-state index contributed by atoms with van der Waals surface area (Å²) in [5.74, 6) is 0. The zero-order valence-electron chi connectivity index (χ0n) is 21.3. The number of sulfonamides is 2. The topological polar surface area (TPSA) is 132 Å². The molecule has 0 saturated carbocycles. The third-order valence-corrected chi connectivity index (χ3v) is 7.39. The van der Waals surface area contributed by atoms with Crippen molar-refractivity contribution >= 4 is 32.2 Å². The van der Waals surface area contributed by atoms with E-state index in [1.807, 2.05) is 30.3 Å². The maximum Gasteiger partial charge on any atom is 1.00 e. The largest absolute Gasteiger partial charge is 1.00 e. The van der Waals surface area contributed by atoms with Gasteiger partial charge in [0.1, 0.15) is 0 Å². The molecule has 0 aliphatic carbocycles. The van der Waals surface area contributed by atoms with Crippen LogP contribution < -0.4 is 74.7 Å². The number of rotatable bonds is 5. The van der Waals surface area contributed by atoms with Crippen molar-refractivity contribution in [3.63, 3.8) is 0 Å². The van der Waals surface area contributed by atoms with Crippen molar-refractivity contribution < 1.29 is 78.8 Å². The van der Waals surface area contributed by atoms with E-state index in [0.717, 1.165) is 22.3 Å². The Morgan fingerprint density at radius 1 is 0.853 bits per heavy atom. The molecule has 0 bridgehead atoms. The van der Waals surface area contributed by atoms with E-state index in [9.17, 15) is 16.8 Å². The molecule has 0 amide bonds. The standard InChI is InChI=1S/C23H23N3O4S2.2Na.2H/c1-15-6-7-16(21(12-15)31(24,27)28)8-9-17-10-11-18(13-22(17)32(25,29)30)23-20-5-3-2-4-19(20)14-26-23;;;;/h2-13,23,26H,14H2,1H3,(H2,24,27,28)(H2,25,29,30);;;;/q;2*+1;2*-1/b9-8+;;;;.